The molecule has 0 bridgehead atoms. The van der Waals surface area contributed by atoms with E-state index in [2.05, 4.69) is 25.5 Å². The van der Waals surface area contributed by atoms with E-state index in [1.165, 1.54) is 18.3 Å². The van der Waals surface area contributed by atoms with Crippen LogP contribution in [0.5, 0.6) is 0 Å². The van der Waals surface area contributed by atoms with Crippen molar-refractivity contribution in [3.8, 4) is 0 Å². The normalized spacial score (nSPS) is 13.3. The molecule has 9 nitrogen and oxygen atoms in total. The zero-order chi connectivity index (χ0) is 25.4. The third kappa shape index (κ3) is 5.44. The highest BCUT2D eigenvalue weighted by molar-refractivity contribution is 5.89. The van der Waals surface area contributed by atoms with E-state index in [0.717, 1.165) is 15.3 Å². The van der Waals surface area contributed by atoms with Gasteiger partial charge >= 0.3 is 24.2 Å². The summed E-state index contributed by atoms with van der Waals surface area (Å²) in [6.45, 7) is 1.38. The number of para-hydroxylation sites is 2. The van der Waals surface area contributed by atoms with E-state index in [0.29, 0.717) is 0 Å². The molecule has 0 saturated heterocycles. The molecule has 1 aromatic carbocycles. The molecule has 1 unspecified atom stereocenters. The maximum Gasteiger partial charge on any atom is 0.449 e. The Morgan fingerprint density at radius 1 is 1.09 bits per heavy atom. The number of hydrogen-bond acceptors (Lipinski definition) is 6. The highest BCUT2D eigenvalue weighted by atomic mass is 19.4. The third-order valence-electron chi connectivity index (χ3n) is 4.91. The van der Waals surface area contributed by atoms with Gasteiger partial charge < -0.3 is 14.4 Å². The second kappa shape index (κ2) is 9.03. The fourth-order valence-electron chi connectivity index (χ4n) is 3.34. The van der Waals surface area contributed by atoms with Gasteiger partial charge in [0.05, 0.1) is 17.6 Å². The van der Waals surface area contributed by atoms with Crippen molar-refractivity contribution in [2.24, 2.45) is 5.92 Å². The number of halogens is 6. The Balaban J connectivity index is 1.39. The molecule has 0 aliphatic heterocycles. The van der Waals surface area contributed by atoms with Gasteiger partial charge in [-0.3, -0.25) is 9.48 Å². The first-order chi connectivity index (χ1) is 16.4. The number of hydrogen-bond donors (Lipinski definition) is 1. The lowest BCUT2D eigenvalue weighted by atomic mass is 10.2. The number of amides is 1. The number of nitrogens with zero attached hydrogens (tertiary/aromatic N) is 6. The van der Waals surface area contributed by atoms with E-state index in [9.17, 15) is 31.1 Å². The minimum Gasteiger partial charge on any atom is -0.347 e. The Bertz CT molecular complexity index is 1340. The summed E-state index contributed by atoms with van der Waals surface area (Å²) >= 11 is 0. The van der Waals surface area contributed by atoms with Gasteiger partial charge in [-0.25, -0.2) is 4.98 Å². The van der Waals surface area contributed by atoms with Crippen molar-refractivity contribution in [2.75, 3.05) is 6.54 Å². The van der Waals surface area contributed by atoms with E-state index in [-0.39, 0.29) is 35.9 Å². The molecule has 0 aliphatic carbocycles. The average molecular weight is 501 g/mol. The summed E-state index contributed by atoms with van der Waals surface area (Å²) in [5.41, 5.74) is -0.682. The van der Waals surface area contributed by atoms with Crippen LogP contribution >= 0.6 is 0 Å². The van der Waals surface area contributed by atoms with Gasteiger partial charge in [-0.15, -0.1) is 0 Å². The molecule has 0 radical (unpaired) electrons. The summed E-state index contributed by atoms with van der Waals surface area (Å²) in [6.07, 6.45) is -8.10. The number of imidazole rings is 1. The zero-order valence-corrected chi connectivity index (χ0v) is 17.9. The van der Waals surface area contributed by atoms with Crippen LogP contribution in [0.3, 0.4) is 0 Å². The average Bonchev–Trinajstić information content (AvgIpc) is 3.51. The molecular formula is C20H17F6N7O2. The summed E-state index contributed by atoms with van der Waals surface area (Å²) in [4.78, 5) is 19.8. The van der Waals surface area contributed by atoms with Crippen molar-refractivity contribution in [2.45, 2.75) is 32.4 Å². The maximum atomic E-state index is 13.4. The van der Waals surface area contributed by atoms with Crippen LogP contribution in [0, 0.1) is 5.92 Å². The van der Waals surface area contributed by atoms with Gasteiger partial charge in [-0.05, 0) is 24.1 Å². The molecule has 1 amide bonds. The number of alkyl halides is 6. The van der Waals surface area contributed by atoms with Crippen molar-refractivity contribution < 1.29 is 35.7 Å². The van der Waals surface area contributed by atoms with E-state index >= 15 is 0 Å². The molecule has 186 valence electrons. The summed E-state index contributed by atoms with van der Waals surface area (Å²) in [5, 5.41) is 9.52. The van der Waals surface area contributed by atoms with Crippen LogP contribution in [0.4, 0.5) is 26.3 Å². The molecule has 1 atom stereocenters. The summed E-state index contributed by atoms with van der Waals surface area (Å²) in [5.74, 6) is -2.88. The number of benzene rings is 1. The van der Waals surface area contributed by atoms with E-state index in [4.69, 9.17) is 4.52 Å². The molecule has 0 fully saturated rings. The Morgan fingerprint density at radius 2 is 1.83 bits per heavy atom. The lowest BCUT2D eigenvalue weighted by Gasteiger charge is -2.12. The predicted octanol–water partition coefficient (Wildman–Crippen LogP) is 3.77. The standard InChI is InChI=1S/C20H17F6N7O2/c1-11(9-32-7-6-14(30-32)19(21,22)23)8-27-16(34)17-29-15(31-35-17)10-33-13-5-3-2-4-12(13)28-18(33)20(24,25)26/h2-7,11H,8-10H2,1H3,(H,27,34). The number of carbonyl (C=O) groups excluding carboxylic acids is 1. The molecule has 0 spiro atoms. The first kappa shape index (κ1) is 24.2. The van der Waals surface area contributed by atoms with Crippen LogP contribution in [-0.4, -0.2) is 41.9 Å². The summed E-state index contributed by atoms with van der Waals surface area (Å²) < 4.78 is 85.1. The van der Waals surface area contributed by atoms with Crippen LogP contribution in [0.2, 0.25) is 0 Å². The highest BCUT2D eigenvalue weighted by Gasteiger charge is 2.38. The van der Waals surface area contributed by atoms with Crippen LogP contribution in [-0.2, 0) is 25.4 Å². The molecule has 35 heavy (non-hydrogen) atoms. The molecular weight excluding hydrogens is 484 g/mol. The van der Waals surface area contributed by atoms with Crippen LogP contribution in [0.15, 0.2) is 41.1 Å². The Hall–Kier alpha value is -3.91. The third-order valence-corrected chi connectivity index (χ3v) is 4.91. The summed E-state index contributed by atoms with van der Waals surface area (Å²) in [6, 6.07) is 6.86. The second-order valence-electron chi connectivity index (χ2n) is 7.76. The van der Waals surface area contributed by atoms with Gasteiger partial charge in [0, 0.05) is 19.3 Å². The van der Waals surface area contributed by atoms with Crippen LogP contribution in [0.25, 0.3) is 11.0 Å². The quantitative estimate of drug-likeness (QED) is 0.387. The first-order valence-electron chi connectivity index (χ1n) is 10.2. The smallest absolute Gasteiger partial charge is 0.347 e. The lowest BCUT2D eigenvalue weighted by Crippen LogP contribution is -2.30. The second-order valence-corrected chi connectivity index (χ2v) is 7.76. The SMILES string of the molecule is CC(CNC(=O)c1nc(Cn2c(C(F)(F)F)nc3ccccc32)no1)Cn1ccc(C(F)(F)F)n1. The van der Waals surface area contributed by atoms with Crippen molar-refractivity contribution in [3.05, 3.63) is 59.8 Å². The molecule has 4 aromatic rings. The Labute approximate surface area is 192 Å². The van der Waals surface area contributed by atoms with E-state index in [1.807, 2.05) is 0 Å². The van der Waals surface area contributed by atoms with Gasteiger partial charge in [0.25, 0.3) is 0 Å². The molecule has 4 rings (SSSR count). The molecule has 3 aromatic heterocycles. The van der Waals surface area contributed by atoms with E-state index in [1.54, 1.807) is 19.1 Å². The molecule has 0 saturated carbocycles. The number of aromatic nitrogens is 6. The largest absolute Gasteiger partial charge is 0.449 e. The number of fused-ring (bicyclic) bond motifs is 1. The molecule has 0 aliphatic rings. The maximum absolute atomic E-state index is 13.4. The molecule has 1 N–H and O–H groups in total. The zero-order valence-electron chi connectivity index (χ0n) is 17.9. The Kier molecular flexibility index (Phi) is 6.25. The van der Waals surface area contributed by atoms with Gasteiger partial charge in [-0.2, -0.15) is 36.4 Å². The van der Waals surface area contributed by atoms with Crippen LogP contribution < -0.4 is 5.32 Å². The van der Waals surface area contributed by atoms with Gasteiger partial charge in [-0.1, -0.05) is 24.2 Å². The number of carbonyl (C=O) groups is 1. The molecule has 15 heteroatoms. The lowest BCUT2D eigenvalue weighted by molar-refractivity contribution is -0.146. The Morgan fingerprint density at radius 3 is 2.51 bits per heavy atom. The minimum atomic E-state index is -4.73. The summed E-state index contributed by atoms with van der Waals surface area (Å²) in [7, 11) is 0. The van der Waals surface area contributed by atoms with Crippen molar-refractivity contribution in [1.82, 2.24) is 34.8 Å². The fourth-order valence-corrected chi connectivity index (χ4v) is 3.34. The number of rotatable bonds is 7. The van der Waals surface area contributed by atoms with E-state index < -0.39 is 42.2 Å². The van der Waals surface area contributed by atoms with Crippen LogP contribution in [0.1, 0.15) is 35.0 Å². The first-order valence-corrected chi connectivity index (χ1v) is 10.2. The molecule has 3 heterocycles. The van der Waals surface area contributed by atoms with Gasteiger partial charge in [0.1, 0.15) is 0 Å². The monoisotopic (exact) mass is 501 g/mol. The highest BCUT2D eigenvalue weighted by Crippen LogP contribution is 2.32. The van der Waals surface area contributed by atoms with Crippen molar-refractivity contribution in [1.29, 1.82) is 0 Å². The van der Waals surface area contributed by atoms with Gasteiger partial charge in [0.2, 0.25) is 5.82 Å². The minimum absolute atomic E-state index is 0.0438. The predicted molar refractivity (Wildman–Crippen MR) is 107 cm³/mol. The van der Waals surface area contributed by atoms with Gasteiger partial charge in [0.15, 0.2) is 11.5 Å². The fraction of sp³-hybridized carbons (Fsp3) is 0.350. The van der Waals surface area contributed by atoms with Crippen molar-refractivity contribution >= 4 is 16.9 Å². The number of nitrogens with one attached hydrogen (secondary N) is 1. The van der Waals surface area contributed by atoms with Crippen molar-refractivity contribution in [3.63, 3.8) is 0 Å². The topological polar surface area (TPSA) is 104 Å².